The van der Waals surface area contributed by atoms with Gasteiger partial charge in [-0.05, 0) is 38.3 Å². The van der Waals surface area contributed by atoms with Crippen LogP contribution in [0.2, 0.25) is 0 Å². The van der Waals surface area contributed by atoms with E-state index in [-0.39, 0.29) is 11.8 Å². The van der Waals surface area contributed by atoms with Gasteiger partial charge in [-0.15, -0.1) is 11.8 Å². The topological polar surface area (TPSA) is 53.9 Å². The zero-order chi connectivity index (χ0) is 18.4. The van der Waals surface area contributed by atoms with Crippen LogP contribution < -0.4 is 15.1 Å². The highest BCUT2D eigenvalue weighted by atomic mass is 32.2. The summed E-state index contributed by atoms with van der Waals surface area (Å²) in [5.74, 6) is 0.578. The van der Waals surface area contributed by atoms with E-state index in [0.29, 0.717) is 18.7 Å². The molecule has 1 fully saturated rings. The molecule has 2 amide bonds. The zero-order valence-corrected chi connectivity index (χ0v) is 16.4. The molecule has 2 heterocycles. The summed E-state index contributed by atoms with van der Waals surface area (Å²) in [5, 5.41) is 3.02. The van der Waals surface area contributed by atoms with Crippen LogP contribution in [0.3, 0.4) is 0 Å². The van der Waals surface area contributed by atoms with Crippen LogP contribution in [0, 0.1) is 0 Å². The van der Waals surface area contributed by atoms with Gasteiger partial charge in [0.1, 0.15) is 0 Å². The number of anilines is 1. The van der Waals surface area contributed by atoms with E-state index in [1.807, 2.05) is 24.3 Å². The number of fused-ring (bicyclic) bond motifs is 1. The number of quaternary nitrogens is 1. The van der Waals surface area contributed by atoms with E-state index in [4.69, 9.17) is 0 Å². The molecule has 142 valence electrons. The Bertz CT molecular complexity index is 637. The Morgan fingerprint density at radius 3 is 3.04 bits per heavy atom. The van der Waals surface area contributed by atoms with Gasteiger partial charge in [-0.1, -0.05) is 12.1 Å². The number of nitrogens with zero attached hydrogens (tertiary/aromatic N) is 1. The van der Waals surface area contributed by atoms with Gasteiger partial charge in [0.05, 0.1) is 30.6 Å². The lowest BCUT2D eigenvalue weighted by molar-refractivity contribution is -0.928. The highest BCUT2D eigenvalue weighted by molar-refractivity contribution is 8.00. The molecule has 1 aromatic carbocycles. The largest absolute Gasteiger partial charge is 0.356 e. The summed E-state index contributed by atoms with van der Waals surface area (Å²) in [5.41, 5.74) is 0.934. The molecule has 3 rings (SSSR count). The first kappa shape index (κ1) is 19.2. The minimum absolute atomic E-state index is 0.0372. The number of carbonyl (C=O) groups is 2. The number of nitrogens with one attached hydrogen (secondary N) is 2. The normalized spacial score (nSPS) is 22.8. The second-order valence-corrected chi connectivity index (χ2v) is 8.33. The minimum atomic E-state index is 0.0372. The second kappa shape index (κ2) is 9.42. The molecule has 6 heteroatoms. The van der Waals surface area contributed by atoms with Gasteiger partial charge >= 0.3 is 0 Å². The van der Waals surface area contributed by atoms with Gasteiger partial charge in [0.25, 0.3) is 0 Å². The standard InChI is InChI=1S/C20H29N3O2S/c1-16-7-4-5-12-22(16)13-6-11-21-19(24)10-14-23-17-8-2-3-9-18(17)26-15-20(23)25/h2-3,8-9,16H,4-7,10-15H2,1H3,(H,21,24)/p+1/t16-/m1/s1. The molecular weight excluding hydrogens is 346 g/mol. The maximum Gasteiger partial charge on any atom is 0.237 e. The van der Waals surface area contributed by atoms with Crippen molar-refractivity contribution in [1.29, 1.82) is 0 Å². The predicted molar refractivity (Wildman–Crippen MR) is 106 cm³/mol. The molecule has 2 aliphatic heterocycles. The van der Waals surface area contributed by atoms with Crippen LogP contribution in [-0.4, -0.2) is 49.8 Å². The van der Waals surface area contributed by atoms with Crippen LogP contribution in [0.1, 0.15) is 39.0 Å². The van der Waals surface area contributed by atoms with Crippen molar-refractivity contribution in [2.24, 2.45) is 0 Å². The Balaban J connectivity index is 1.38. The Morgan fingerprint density at radius 1 is 1.35 bits per heavy atom. The lowest BCUT2D eigenvalue weighted by atomic mass is 10.0. The molecule has 0 aromatic heterocycles. The van der Waals surface area contributed by atoms with Gasteiger partial charge < -0.3 is 15.1 Å². The molecule has 2 aliphatic rings. The van der Waals surface area contributed by atoms with E-state index in [0.717, 1.165) is 36.1 Å². The number of rotatable bonds is 7. The molecule has 0 radical (unpaired) electrons. The van der Waals surface area contributed by atoms with Crippen LogP contribution in [0.5, 0.6) is 0 Å². The van der Waals surface area contributed by atoms with Gasteiger partial charge in [-0.25, -0.2) is 0 Å². The number of piperidine rings is 1. The van der Waals surface area contributed by atoms with Crippen LogP contribution in [-0.2, 0) is 9.59 Å². The first-order valence-electron chi connectivity index (χ1n) is 9.78. The van der Waals surface area contributed by atoms with Crippen molar-refractivity contribution in [3.63, 3.8) is 0 Å². The number of hydrogen-bond donors (Lipinski definition) is 2. The summed E-state index contributed by atoms with van der Waals surface area (Å²) >= 11 is 1.57. The highest BCUT2D eigenvalue weighted by Gasteiger charge is 2.24. The number of thioether (sulfide) groups is 1. The predicted octanol–water partition coefficient (Wildman–Crippen LogP) is 1.48. The Hall–Kier alpha value is -1.53. The van der Waals surface area contributed by atoms with E-state index in [9.17, 15) is 9.59 Å². The molecular formula is C20H30N3O2S+. The van der Waals surface area contributed by atoms with Crippen LogP contribution in [0.25, 0.3) is 0 Å². The molecule has 2 N–H and O–H groups in total. The van der Waals surface area contributed by atoms with Gasteiger partial charge in [-0.2, -0.15) is 0 Å². The number of carbonyl (C=O) groups excluding carboxylic acids is 2. The highest BCUT2D eigenvalue weighted by Crippen LogP contribution is 2.34. The van der Waals surface area contributed by atoms with E-state index < -0.39 is 0 Å². The fourth-order valence-corrected chi connectivity index (χ4v) is 4.80. The lowest BCUT2D eigenvalue weighted by Crippen LogP contribution is -3.16. The third kappa shape index (κ3) is 5.01. The number of amides is 2. The van der Waals surface area contributed by atoms with Gasteiger partial charge in [0.15, 0.2) is 0 Å². The third-order valence-corrected chi connectivity index (χ3v) is 6.50. The minimum Gasteiger partial charge on any atom is -0.356 e. The summed E-state index contributed by atoms with van der Waals surface area (Å²) in [7, 11) is 0. The molecule has 1 aromatic rings. The molecule has 1 unspecified atom stereocenters. The maximum atomic E-state index is 12.2. The fourth-order valence-electron chi connectivity index (χ4n) is 3.87. The average Bonchev–Trinajstić information content (AvgIpc) is 2.65. The van der Waals surface area contributed by atoms with E-state index in [2.05, 4.69) is 12.2 Å². The first-order chi connectivity index (χ1) is 12.6. The summed E-state index contributed by atoms with van der Waals surface area (Å²) < 4.78 is 0. The number of hydrogen-bond acceptors (Lipinski definition) is 3. The molecule has 0 aliphatic carbocycles. The molecule has 0 bridgehead atoms. The van der Waals surface area contributed by atoms with Crippen LogP contribution in [0.4, 0.5) is 5.69 Å². The first-order valence-corrected chi connectivity index (χ1v) is 10.8. The smallest absolute Gasteiger partial charge is 0.237 e. The summed E-state index contributed by atoms with van der Waals surface area (Å²) in [6.45, 7) is 5.92. The molecule has 0 saturated carbocycles. The van der Waals surface area contributed by atoms with Crippen molar-refractivity contribution in [3.05, 3.63) is 24.3 Å². The monoisotopic (exact) mass is 376 g/mol. The average molecular weight is 377 g/mol. The summed E-state index contributed by atoms with van der Waals surface area (Å²) in [4.78, 5) is 28.9. The number of benzene rings is 1. The number of likely N-dealkylation sites (tertiary alicyclic amines) is 1. The van der Waals surface area contributed by atoms with Crippen LogP contribution in [0.15, 0.2) is 29.2 Å². The van der Waals surface area contributed by atoms with Crippen molar-refractivity contribution in [1.82, 2.24) is 5.32 Å². The second-order valence-electron chi connectivity index (χ2n) is 7.31. The van der Waals surface area contributed by atoms with Gasteiger partial charge in [0.2, 0.25) is 11.8 Å². The Morgan fingerprint density at radius 2 is 2.19 bits per heavy atom. The fraction of sp³-hybridized carbons (Fsp3) is 0.600. The molecule has 2 atom stereocenters. The number of para-hydroxylation sites is 1. The summed E-state index contributed by atoms with van der Waals surface area (Å²) in [6, 6.07) is 8.67. The quantitative estimate of drug-likeness (QED) is 0.709. The molecule has 26 heavy (non-hydrogen) atoms. The zero-order valence-electron chi connectivity index (χ0n) is 15.6. The van der Waals surface area contributed by atoms with Gasteiger partial charge in [-0.3, -0.25) is 9.59 Å². The van der Waals surface area contributed by atoms with Crippen molar-refractivity contribution >= 4 is 29.3 Å². The van der Waals surface area contributed by atoms with Crippen molar-refractivity contribution in [2.75, 3.05) is 36.8 Å². The lowest BCUT2D eigenvalue weighted by Gasteiger charge is -2.30. The third-order valence-electron chi connectivity index (χ3n) is 5.45. The Labute approximate surface area is 160 Å². The molecule has 1 saturated heterocycles. The SMILES string of the molecule is C[C@@H]1CCCC[NH+]1CCCNC(=O)CCN1C(=O)CSc2ccccc21. The molecule has 0 spiro atoms. The van der Waals surface area contributed by atoms with Crippen molar-refractivity contribution < 1.29 is 14.5 Å². The van der Waals surface area contributed by atoms with E-state index in [1.165, 1.54) is 25.8 Å². The van der Waals surface area contributed by atoms with Gasteiger partial charge in [0, 0.05) is 30.8 Å². The Kier molecular flexibility index (Phi) is 6.97. The van der Waals surface area contributed by atoms with E-state index in [1.54, 1.807) is 21.6 Å². The maximum absolute atomic E-state index is 12.2. The molecule has 5 nitrogen and oxygen atoms in total. The van der Waals surface area contributed by atoms with Crippen LogP contribution >= 0.6 is 11.8 Å². The van der Waals surface area contributed by atoms with Crippen molar-refractivity contribution in [2.45, 2.75) is 50.0 Å². The van der Waals surface area contributed by atoms with E-state index >= 15 is 0 Å². The van der Waals surface area contributed by atoms with Crippen molar-refractivity contribution in [3.8, 4) is 0 Å². The summed E-state index contributed by atoms with van der Waals surface area (Å²) in [6.07, 6.45) is 5.39.